The van der Waals surface area contributed by atoms with Gasteiger partial charge in [0.1, 0.15) is 0 Å². The Balaban J connectivity index is 1.47. The van der Waals surface area contributed by atoms with Crippen molar-refractivity contribution in [2.24, 2.45) is 0 Å². The molecule has 2 aromatic heterocycles. The molecule has 0 fully saturated rings. The molecule has 4 aromatic rings. The van der Waals surface area contributed by atoms with Crippen LogP contribution in [0.5, 0.6) is 0 Å². The van der Waals surface area contributed by atoms with Crippen molar-refractivity contribution in [2.45, 2.75) is 33.4 Å². The lowest BCUT2D eigenvalue weighted by atomic mass is 9.99. The van der Waals surface area contributed by atoms with E-state index in [1.54, 1.807) is 6.20 Å². The molecule has 0 spiro atoms. The van der Waals surface area contributed by atoms with Crippen LogP contribution in [0.3, 0.4) is 0 Å². The topological polar surface area (TPSA) is 59.8 Å². The van der Waals surface area contributed by atoms with Gasteiger partial charge in [0.05, 0.1) is 18.5 Å². The van der Waals surface area contributed by atoms with E-state index in [9.17, 15) is 4.79 Å². The molecular formula is C24H24N4O. The molecule has 0 aliphatic carbocycles. The average molecular weight is 384 g/mol. The van der Waals surface area contributed by atoms with Gasteiger partial charge >= 0.3 is 0 Å². The Morgan fingerprint density at radius 2 is 1.76 bits per heavy atom. The molecule has 29 heavy (non-hydrogen) atoms. The first-order valence-corrected chi connectivity index (χ1v) is 9.77. The molecule has 0 bridgehead atoms. The molecule has 0 unspecified atom stereocenters. The number of benzene rings is 2. The molecule has 146 valence electrons. The van der Waals surface area contributed by atoms with Gasteiger partial charge in [0, 0.05) is 30.0 Å². The van der Waals surface area contributed by atoms with Gasteiger partial charge in [-0.05, 0) is 48.2 Å². The Hall–Kier alpha value is -3.47. The average Bonchev–Trinajstić information content (AvgIpc) is 3.23. The highest BCUT2D eigenvalue weighted by atomic mass is 16.1. The van der Waals surface area contributed by atoms with Crippen molar-refractivity contribution in [3.63, 3.8) is 0 Å². The molecule has 0 saturated carbocycles. The molecule has 4 rings (SSSR count). The molecule has 2 heterocycles. The minimum atomic E-state index is 0.00201. The maximum atomic E-state index is 12.7. The fourth-order valence-corrected chi connectivity index (χ4v) is 3.70. The number of aryl methyl sites for hydroxylation is 2. The number of fused-ring (bicyclic) bond motifs is 1. The number of carbonyl (C=O) groups is 1. The zero-order valence-electron chi connectivity index (χ0n) is 16.7. The number of hydrogen-bond acceptors (Lipinski definition) is 3. The van der Waals surface area contributed by atoms with E-state index < -0.39 is 0 Å². The lowest BCUT2D eigenvalue weighted by molar-refractivity contribution is -0.120. The fraction of sp³-hybridized carbons (Fsp3) is 0.208. The third-order valence-electron chi connectivity index (χ3n) is 5.31. The number of carbonyl (C=O) groups excluding carboxylic acids is 1. The summed E-state index contributed by atoms with van der Waals surface area (Å²) in [6, 6.07) is 18.1. The van der Waals surface area contributed by atoms with Crippen LogP contribution in [0.1, 0.15) is 27.9 Å². The maximum Gasteiger partial charge on any atom is 0.224 e. The first-order chi connectivity index (χ1) is 14.1. The molecule has 5 heteroatoms. The Morgan fingerprint density at radius 3 is 2.55 bits per heavy atom. The highest BCUT2D eigenvalue weighted by Gasteiger charge is 2.13. The summed E-state index contributed by atoms with van der Waals surface area (Å²) in [7, 11) is 0. The SMILES string of the molecule is Cc1nc2ccccc2c(C)c1CC(=O)NCc1ccccc1Cn1cccn1. The summed E-state index contributed by atoms with van der Waals surface area (Å²) in [6.45, 7) is 5.22. The zero-order chi connectivity index (χ0) is 20.2. The predicted molar refractivity (Wildman–Crippen MR) is 115 cm³/mol. The van der Waals surface area contributed by atoms with Gasteiger partial charge in [-0.25, -0.2) is 0 Å². The second-order valence-corrected chi connectivity index (χ2v) is 7.24. The highest BCUT2D eigenvalue weighted by Crippen LogP contribution is 2.23. The number of nitrogens with one attached hydrogen (secondary N) is 1. The Kier molecular flexibility index (Phi) is 5.38. The van der Waals surface area contributed by atoms with E-state index in [0.717, 1.165) is 38.9 Å². The first-order valence-electron chi connectivity index (χ1n) is 9.77. The highest BCUT2D eigenvalue weighted by molar-refractivity contribution is 5.86. The van der Waals surface area contributed by atoms with Crippen molar-refractivity contribution >= 4 is 16.8 Å². The maximum absolute atomic E-state index is 12.7. The minimum Gasteiger partial charge on any atom is -0.352 e. The molecule has 0 atom stereocenters. The van der Waals surface area contributed by atoms with Gasteiger partial charge in [-0.3, -0.25) is 14.5 Å². The van der Waals surface area contributed by atoms with Gasteiger partial charge in [0.25, 0.3) is 0 Å². The lowest BCUT2D eigenvalue weighted by Crippen LogP contribution is -2.26. The van der Waals surface area contributed by atoms with E-state index in [1.807, 2.05) is 60.3 Å². The zero-order valence-corrected chi connectivity index (χ0v) is 16.7. The lowest BCUT2D eigenvalue weighted by Gasteiger charge is -2.14. The van der Waals surface area contributed by atoms with Crippen LogP contribution in [-0.2, 0) is 24.3 Å². The number of aromatic nitrogens is 3. The van der Waals surface area contributed by atoms with Crippen molar-refractivity contribution in [3.05, 3.63) is 94.9 Å². The Bertz CT molecular complexity index is 1150. The molecule has 5 nitrogen and oxygen atoms in total. The monoisotopic (exact) mass is 384 g/mol. The summed E-state index contributed by atoms with van der Waals surface area (Å²) >= 11 is 0. The van der Waals surface area contributed by atoms with Crippen LogP contribution in [0, 0.1) is 13.8 Å². The number of amides is 1. The van der Waals surface area contributed by atoms with Crippen molar-refractivity contribution in [3.8, 4) is 0 Å². The van der Waals surface area contributed by atoms with Crippen LogP contribution >= 0.6 is 0 Å². The van der Waals surface area contributed by atoms with Crippen molar-refractivity contribution < 1.29 is 4.79 Å². The van der Waals surface area contributed by atoms with Crippen LogP contribution in [0.2, 0.25) is 0 Å². The quantitative estimate of drug-likeness (QED) is 0.547. The molecule has 0 aliphatic rings. The van der Waals surface area contributed by atoms with Crippen molar-refractivity contribution in [1.29, 1.82) is 0 Å². The molecule has 1 N–H and O–H groups in total. The van der Waals surface area contributed by atoms with Crippen LogP contribution in [-0.4, -0.2) is 20.7 Å². The molecule has 1 amide bonds. The summed E-state index contributed by atoms with van der Waals surface area (Å²) in [5, 5.41) is 8.45. The number of para-hydroxylation sites is 1. The number of pyridine rings is 1. The van der Waals surface area contributed by atoms with Crippen LogP contribution in [0.25, 0.3) is 10.9 Å². The molecular weight excluding hydrogens is 360 g/mol. The smallest absolute Gasteiger partial charge is 0.224 e. The first kappa shape index (κ1) is 18.9. The Labute approximate surface area is 170 Å². The third kappa shape index (κ3) is 4.19. The van der Waals surface area contributed by atoms with Gasteiger partial charge in [-0.1, -0.05) is 42.5 Å². The van der Waals surface area contributed by atoms with Gasteiger partial charge in [0.2, 0.25) is 5.91 Å². The van der Waals surface area contributed by atoms with Gasteiger partial charge in [-0.15, -0.1) is 0 Å². The largest absolute Gasteiger partial charge is 0.352 e. The molecule has 0 saturated heterocycles. The fourth-order valence-electron chi connectivity index (χ4n) is 3.70. The van der Waals surface area contributed by atoms with Crippen molar-refractivity contribution in [1.82, 2.24) is 20.1 Å². The van der Waals surface area contributed by atoms with Crippen molar-refractivity contribution in [2.75, 3.05) is 0 Å². The third-order valence-corrected chi connectivity index (χ3v) is 5.31. The summed E-state index contributed by atoms with van der Waals surface area (Å²) in [4.78, 5) is 17.4. The van der Waals surface area contributed by atoms with E-state index >= 15 is 0 Å². The van der Waals surface area contributed by atoms with E-state index in [2.05, 4.69) is 34.5 Å². The van der Waals surface area contributed by atoms with E-state index in [4.69, 9.17) is 0 Å². The molecule has 0 radical (unpaired) electrons. The van der Waals surface area contributed by atoms with Crippen LogP contribution in [0.4, 0.5) is 0 Å². The number of nitrogens with zero attached hydrogens (tertiary/aromatic N) is 3. The second-order valence-electron chi connectivity index (χ2n) is 7.24. The summed E-state index contributed by atoms with van der Waals surface area (Å²) in [6.07, 6.45) is 4.04. The van der Waals surface area contributed by atoms with Gasteiger partial charge < -0.3 is 5.32 Å². The number of rotatable bonds is 6. The molecule has 0 aliphatic heterocycles. The van der Waals surface area contributed by atoms with E-state index in [-0.39, 0.29) is 5.91 Å². The van der Waals surface area contributed by atoms with Gasteiger partial charge in [-0.2, -0.15) is 5.10 Å². The van der Waals surface area contributed by atoms with Crippen LogP contribution in [0.15, 0.2) is 67.0 Å². The van der Waals surface area contributed by atoms with Gasteiger partial charge in [0.15, 0.2) is 0 Å². The predicted octanol–water partition coefficient (Wildman–Crippen LogP) is 3.96. The summed E-state index contributed by atoms with van der Waals surface area (Å²) in [5.41, 5.74) is 6.26. The Morgan fingerprint density at radius 1 is 1.00 bits per heavy atom. The van der Waals surface area contributed by atoms with Crippen LogP contribution < -0.4 is 5.32 Å². The normalized spacial score (nSPS) is 11.0. The second kappa shape index (κ2) is 8.27. The minimum absolute atomic E-state index is 0.00201. The summed E-state index contributed by atoms with van der Waals surface area (Å²) < 4.78 is 1.88. The standard InChI is InChI=1S/C24H24N4O/c1-17-21-10-5-6-11-23(21)27-18(2)22(17)14-24(29)25-15-19-8-3-4-9-20(19)16-28-13-7-12-26-28/h3-13H,14-16H2,1-2H3,(H,25,29). The number of hydrogen-bond donors (Lipinski definition) is 1. The summed E-state index contributed by atoms with van der Waals surface area (Å²) in [5.74, 6) is 0.00201. The molecule has 2 aromatic carbocycles. The van der Waals surface area contributed by atoms with E-state index in [1.165, 1.54) is 0 Å². The van der Waals surface area contributed by atoms with E-state index in [0.29, 0.717) is 19.5 Å².